The van der Waals surface area contributed by atoms with Crippen LogP contribution in [-0.2, 0) is 0 Å². The Balaban J connectivity index is 0.953. The maximum absolute atomic E-state index is 2.48. The van der Waals surface area contributed by atoms with Gasteiger partial charge in [-0.05, 0) is 144 Å². The number of nitrogens with zero attached hydrogens (tertiary/aromatic N) is 1. The second kappa shape index (κ2) is 13.9. The first-order chi connectivity index (χ1) is 33.2. The molecule has 67 heavy (non-hydrogen) atoms. The summed E-state index contributed by atoms with van der Waals surface area (Å²) in [6.45, 7) is 0. The van der Waals surface area contributed by atoms with Crippen LogP contribution in [0.25, 0.3) is 147 Å². The van der Waals surface area contributed by atoms with Crippen LogP contribution in [-0.4, -0.2) is 4.57 Å². The van der Waals surface area contributed by atoms with Gasteiger partial charge in [-0.3, -0.25) is 0 Å². The van der Waals surface area contributed by atoms with Crippen LogP contribution < -0.4 is 0 Å². The lowest BCUT2D eigenvalue weighted by Gasteiger charge is -2.17. The lowest BCUT2D eigenvalue weighted by molar-refractivity contribution is 1.18. The van der Waals surface area contributed by atoms with Gasteiger partial charge in [-0.15, -0.1) is 0 Å². The Bertz CT molecular complexity index is 4470. The fraction of sp³-hybridized carbons (Fsp3) is 0. The summed E-state index contributed by atoms with van der Waals surface area (Å²) in [7, 11) is 0. The van der Waals surface area contributed by atoms with E-state index in [-0.39, 0.29) is 0 Å². The fourth-order valence-electron chi connectivity index (χ4n) is 12.0. The number of hydrogen-bond donors (Lipinski definition) is 0. The van der Waals surface area contributed by atoms with E-state index in [4.69, 9.17) is 0 Å². The molecule has 0 aliphatic carbocycles. The maximum Gasteiger partial charge on any atom is 0.0547 e. The summed E-state index contributed by atoms with van der Waals surface area (Å²) in [6.07, 6.45) is 0. The van der Waals surface area contributed by atoms with E-state index < -0.39 is 0 Å². The highest BCUT2D eigenvalue weighted by molar-refractivity contribution is 6.31. The zero-order valence-corrected chi connectivity index (χ0v) is 36.5. The second-order valence-corrected chi connectivity index (χ2v) is 18.3. The number of benzene rings is 14. The van der Waals surface area contributed by atoms with Gasteiger partial charge in [-0.2, -0.15) is 0 Å². The molecule has 1 nitrogen and oxygen atoms in total. The minimum absolute atomic E-state index is 1.15. The number of para-hydroxylation sites is 1. The van der Waals surface area contributed by atoms with E-state index in [0.29, 0.717) is 0 Å². The van der Waals surface area contributed by atoms with Gasteiger partial charge in [-0.1, -0.05) is 212 Å². The van der Waals surface area contributed by atoms with Crippen molar-refractivity contribution < 1.29 is 0 Å². The van der Waals surface area contributed by atoms with Crippen molar-refractivity contribution in [2.45, 2.75) is 0 Å². The topological polar surface area (TPSA) is 4.93 Å². The normalized spacial score (nSPS) is 12.2. The van der Waals surface area contributed by atoms with Gasteiger partial charge in [0.2, 0.25) is 0 Å². The summed E-state index contributed by atoms with van der Waals surface area (Å²) in [5.41, 5.74) is 13.6. The summed E-state index contributed by atoms with van der Waals surface area (Å²) in [4.78, 5) is 0. The average Bonchev–Trinajstić information content (AvgIpc) is 3.74. The number of fused-ring (bicyclic) bond motifs is 5. The Morgan fingerprint density at radius 3 is 1.16 bits per heavy atom. The smallest absolute Gasteiger partial charge is 0.0547 e. The van der Waals surface area contributed by atoms with Crippen molar-refractivity contribution in [3.63, 3.8) is 0 Å². The molecule has 14 aromatic carbocycles. The minimum Gasteiger partial charge on any atom is -0.309 e. The molecule has 0 bridgehead atoms. The lowest BCUT2D eigenvalue weighted by atomic mass is 9.86. The summed E-state index contributed by atoms with van der Waals surface area (Å²) >= 11 is 0. The monoisotopic (exact) mass is 845 g/mol. The van der Waals surface area contributed by atoms with Crippen LogP contribution in [0, 0.1) is 0 Å². The molecular formula is C66H39N. The Labute approximate surface area is 386 Å². The van der Waals surface area contributed by atoms with Crippen LogP contribution in [0.15, 0.2) is 237 Å². The van der Waals surface area contributed by atoms with Gasteiger partial charge in [0.1, 0.15) is 0 Å². The van der Waals surface area contributed by atoms with Crippen molar-refractivity contribution in [3.05, 3.63) is 237 Å². The third kappa shape index (κ3) is 5.20. The molecule has 0 radical (unpaired) electrons. The summed E-state index contributed by atoms with van der Waals surface area (Å²) in [5, 5.41) is 20.6. The predicted octanol–water partition coefficient (Wildman–Crippen LogP) is 18.4. The van der Waals surface area contributed by atoms with Gasteiger partial charge >= 0.3 is 0 Å². The minimum atomic E-state index is 1.15. The lowest BCUT2D eigenvalue weighted by Crippen LogP contribution is -1.94. The predicted molar refractivity (Wildman–Crippen MR) is 287 cm³/mol. The fourth-order valence-corrected chi connectivity index (χ4v) is 12.0. The third-order valence-electron chi connectivity index (χ3n) is 14.9. The van der Waals surface area contributed by atoms with Crippen LogP contribution >= 0.6 is 0 Å². The van der Waals surface area contributed by atoms with Crippen LogP contribution in [0.4, 0.5) is 0 Å². The Morgan fingerprint density at radius 2 is 0.627 bits per heavy atom. The molecule has 0 aliphatic heterocycles. The highest BCUT2D eigenvalue weighted by atomic mass is 15.0. The highest BCUT2D eigenvalue weighted by Crippen LogP contribution is 2.47. The van der Waals surface area contributed by atoms with E-state index >= 15 is 0 Å². The van der Waals surface area contributed by atoms with Crippen LogP contribution in [0.2, 0.25) is 0 Å². The molecule has 0 spiro atoms. The molecule has 1 aromatic heterocycles. The van der Waals surface area contributed by atoms with Crippen LogP contribution in [0.1, 0.15) is 0 Å². The van der Waals surface area contributed by atoms with Gasteiger partial charge in [-0.25, -0.2) is 0 Å². The van der Waals surface area contributed by atoms with E-state index in [9.17, 15) is 0 Å². The number of rotatable bonds is 5. The summed E-state index contributed by atoms with van der Waals surface area (Å²) < 4.78 is 2.48. The first-order valence-electron chi connectivity index (χ1n) is 23.3. The third-order valence-corrected chi connectivity index (χ3v) is 14.9. The van der Waals surface area contributed by atoms with Crippen molar-refractivity contribution >= 4 is 97.2 Å². The van der Waals surface area contributed by atoms with E-state index in [1.165, 1.54) is 142 Å². The molecule has 15 rings (SSSR count). The van der Waals surface area contributed by atoms with Gasteiger partial charge < -0.3 is 4.57 Å². The molecule has 0 fully saturated rings. The van der Waals surface area contributed by atoms with Crippen LogP contribution in [0.5, 0.6) is 0 Å². The van der Waals surface area contributed by atoms with Crippen molar-refractivity contribution in [1.82, 2.24) is 4.57 Å². The molecule has 0 unspecified atom stereocenters. The molecule has 0 aliphatic rings. The second-order valence-electron chi connectivity index (χ2n) is 18.3. The Hall–Kier alpha value is -8.78. The SMILES string of the molecule is c1ccc(-c2ccc3ccc4c(-c5ccc6c7c8cccc(-c9ccc%10ccc%11c(-c%12ccccc%12)ccc%12ccc9c%10c%12%11)c8ccc7n(-c7ccccc7)c6c5)ccc5ccc2c3c54)cc1. The molecule has 15 aromatic rings. The molecule has 308 valence electrons. The van der Waals surface area contributed by atoms with Gasteiger partial charge in [0.15, 0.2) is 0 Å². The van der Waals surface area contributed by atoms with E-state index in [2.05, 4.69) is 241 Å². The molecule has 0 N–H and O–H groups in total. The van der Waals surface area contributed by atoms with Crippen molar-refractivity contribution in [3.8, 4) is 50.2 Å². The van der Waals surface area contributed by atoms with Crippen molar-refractivity contribution in [1.29, 1.82) is 0 Å². The first kappa shape index (κ1) is 36.5. The van der Waals surface area contributed by atoms with E-state index in [0.717, 1.165) is 5.69 Å². The zero-order chi connectivity index (χ0) is 43.7. The van der Waals surface area contributed by atoms with Crippen molar-refractivity contribution in [2.75, 3.05) is 0 Å². The summed E-state index contributed by atoms with van der Waals surface area (Å²) in [5.74, 6) is 0. The number of aromatic nitrogens is 1. The Kier molecular flexibility index (Phi) is 7.56. The first-order valence-corrected chi connectivity index (χ1v) is 23.3. The van der Waals surface area contributed by atoms with E-state index in [1.807, 2.05) is 0 Å². The molecule has 0 atom stereocenters. The van der Waals surface area contributed by atoms with Crippen LogP contribution in [0.3, 0.4) is 0 Å². The average molecular weight is 846 g/mol. The van der Waals surface area contributed by atoms with Gasteiger partial charge in [0.05, 0.1) is 11.0 Å². The summed E-state index contributed by atoms with van der Waals surface area (Å²) in [6, 6.07) is 88.3. The molecule has 1 heterocycles. The molecular weight excluding hydrogens is 807 g/mol. The highest BCUT2D eigenvalue weighted by Gasteiger charge is 2.21. The van der Waals surface area contributed by atoms with Gasteiger partial charge in [0.25, 0.3) is 0 Å². The molecule has 0 amide bonds. The zero-order valence-electron chi connectivity index (χ0n) is 36.5. The quantitative estimate of drug-likeness (QED) is 0.152. The van der Waals surface area contributed by atoms with E-state index in [1.54, 1.807) is 0 Å². The molecule has 1 heteroatoms. The Morgan fingerprint density at radius 1 is 0.209 bits per heavy atom. The largest absolute Gasteiger partial charge is 0.309 e. The standard InChI is InChI=1S/C66H39N/c1-4-11-40(12-5-1)48-28-19-42-25-34-57-50(30-21-44-23-32-55(48)62(42)64(44)57)46-27-36-59-61(39-46)67(47-15-8-3-9-16-47)60-38-37-53-51(17-10-18-54(53)66(59)60)52-31-22-45-24-33-56-49(41-13-6-2-7-14-41)29-20-43-26-35-58(52)65(45)63(43)56/h1-39H. The maximum atomic E-state index is 2.48. The van der Waals surface area contributed by atoms with Crippen molar-refractivity contribution in [2.24, 2.45) is 0 Å². The molecule has 0 saturated heterocycles. The number of hydrogen-bond acceptors (Lipinski definition) is 0. The van der Waals surface area contributed by atoms with Gasteiger partial charge in [0, 0.05) is 16.5 Å². The molecule has 0 saturated carbocycles.